The molecule has 102 heavy (non-hydrogen) atoms. The minimum atomic E-state index is -0.699. The summed E-state index contributed by atoms with van der Waals surface area (Å²) in [6.07, 6.45) is 0. The number of hydrogen-bond acceptors (Lipinski definition) is 10. The van der Waals surface area contributed by atoms with Crippen LogP contribution in [0, 0.1) is 0 Å². The molecule has 0 radical (unpaired) electrons. The van der Waals surface area contributed by atoms with E-state index in [1.807, 2.05) is 133 Å². The first-order valence-electron chi connectivity index (χ1n) is 44.4. The van der Waals surface area contributed by atoms with Gasteiger partial charge in [-0.1, -0.05) is 230 Å². The topological polar surface area (TPSA) is 140 Å². The Kier molecular flexibility index (Phi) is 8.38. The van der Waals surface area contributed by atoms with Gasteiger partial charge in [0.1, 0.15) is 44.7 Å². The predicted octanol–water partition coefficient (Wildman–Crippen LogP) is 23.5. The van der Waals surface area contributed by atoms with Crippen molar-refractivity contribution in [1.82, 2.24) is 39.0 Å². The summed E-state index contributed by atoms with van der Waals surface area (Å²) in [5.41, 5.74) is 5.26. The van der Waals surface area contributed by atoms with E-state index in [-0.39, 0.29) is 116 Å². The van der Waals surface area contributed by atoms with Crippen molar-refractivity contribution in [2.45, 2.75) is 0 Å². The van der Waals surface area contributed by atoms with E-state index < -0.39 is 168 Å². The number of rotatable bonds is 8. The third-order valence-corrected chi connectivity index (χ3v) is 18.0. The zero-order chi connectivity index (χ0) is 88.7. The minimum Gasteiger partial charge on any atom is -0.456 e. The van der Waals surface area contributed by atoms with Crippen LogP contribution in [0.3, 0.4) is 0 Å². The molecular weight excluding hydrogens is 1260 g/mol. The van der Waals surface area contributed by atoms with E-state index in [2.05, 4.69) is 9.97 Å². The third-order valence-electron chi connectivity index (χ3n) is 18.0. The van der Waals surface area contributed by atoms with Gasteiger partial charge in [0.15, 0.2) is 23.3 Å². The minimum absolute atomic E-state index is 0.000815. The van der Waals surface area contributed by atoms with Crippen LogP contribution in [-0.4, -0.2) is 39.0 Å². The van der Waals surface area contributed by atoms with E-state index in [9.17, 15) is 5.48 Å². The molecule has 0 saturated heterocycles. The van der Waals surface area contributed by atoms with Crippen molar-refractivity contribution in [2.75, 3.05) is 0 Å². The van der Waals surface area contributed by atoms with Gasteiger partial charge in [0.25, 0.3) is 0 Å². The van der Waals surface area contributed by atoms with Crippen LogP contribution in [0.1, 0.15) is 34.3 Å². The monoisotopic (exact) mass is 1330 g/mol. The highest BCUT2D eigenvalue weighted by Crippen LogP contribution is 2.45. The zero-order valence-corrected chi connectivity index (χ0v) is 52.3. The van der Waals surface area contributed by atoms with Crippen molar-refractivity contribution in [3.05, 3.63) is 315 Å². The highest BCUT2D eigenvalue weighted by Gasteiger charge is 2.26. The molecule has 0 aliphatic rings. The van der Waals surface area contributed by atoms with E-state index in [1.165, 1.54) is 4.57 Å². The van der Waals surface area contributed by atoms with Gasteiger partial charge in [0, 0.05) is 76.1 Å². The van der Waals surface area contributed by atoms with E-state index >= 15 is 0 Å². The van der Waals surface area contributed by atoms with E-state index in [4.69, 9.17) is 66.4 Å². The molecule has 0 N–H and O–H groups in total. The van der Waals surface area contributed by atoms with Gasteiger partial charge in [0.05, 0.1) is 67.1 Å². The van der Waals surface area contributed by atoms with Gasteiger partial charge in [-0.15, -0.1) is 0 Å². The van der Waals surface area contributed by atoms with E-state index in [0.717, 1.165) is 48.4 Å². The Morgan fingerprint density at radius 3 is 1.10 bits per heavy atom. The standard InChI is InChI=1S/2C45H26N4O2/c2*1-3-12-27(13-4-1)30-18-11-21-37-40(30)34-23-22-29(26-39(34)51-37)44-46-43(28-14-5-2-6-15-28)47-45(48-44)49-35-19-9-7-16-31(35)32-24-25-38-41(42(32)49)33-17-8-10-20-36(33)50-38/h2*1-26H/i2D,5D,6D,7D,8D,9D,10D,14D,15D,16D,17D,19D,20D,24D,25D;7D,8D,9D,10D,16D,17D,19D,20D,24D,25D. The molecule has 0 saturated carbocycles. The van der Waals surface area contributed by atoms with Crippen molar-refractivity contribution in [3.63, 3.8) is 0 Å². The summed E-state index contributed by atoms with van der Waals surface area (Å²) in [7, 11) is 0. The van der Waals surface area contributed by atoms with Crippen LogP contribution in [0.5, 0.6) is 0 Å². The number of para-hydroxylation sites is 4. The van der Waals surface area contributed by atoms with Crippen molar-refractivity contribution in [3.8, 4) is 79.7 Å². The average Bonchev–Trinajstić information content (AvgIpc) is 1.52. The summed E-state index contributed by atoms with van der Waals surface area (Å²) in [4.78, 5) is 29.0. The van der Waals surface area contributed by atoms with Crippen molar-refractivity contribution in [2.24, 2.45) is 0 Å². The van der Waals surface area contributed by atoms with Crippen LogP contribution in [0.25, 0.3) is 211 Å². The van der Waals surface area contributed by atoms with Gasteiger partial charge in [-0.2, -0.15) is 19.9 Å². The van der Waals surface area contributed by atoms with Crippen LogP contribution < -0.4 is 0 Å². The fraction of sp³-hybridized carbons (Fsp3) is 0. The molecule has 0 amide bonds. The van der Waals surface area contributed by atoms with Crippen LogP contribution >= 0.6 is 0 Å². The lowest BCUT2D eigenvalue weighted by Gasteiger charge is -2.11. The molecule has 0 aliphatic carbocycles. The van der Waals surface area contributed by atoms with Crippen molar-refractivity contribution < 1.29 is 51.9 Å². The smallest absolute Gasteiger partial charge is 0.238 e. The molecule has 22 aromatic rings. The van der Waals surface area contributed by atoms with Crippen LogP contribution in [0.15, 0.2) is 333 Å². The Hall–Kier alpha value is -14.1. The average molecular weight is 1330 g/mol. The molecule has 0 aliphatic heterocycles. The molecular formula is C90H52N8O4. The number of fused-ring (bicyclic) bond motifs is 20. The summed E-state index contributed by atoms with van der Waals surface area (Å²) < 4.78 is 248. The molecule has 0 spiro atoms. The van der Waals surface area contributed by atoms with Gasteiger partial charge in [0.2, 0.25) is 11.9 Å². The maximum atomic E-state index is 9.30. The summed E-state index contributed by atoms with van der Waals surface area (Å²) in [6.45, 7) is 0. The van der Waals surface area contributed by atoms with Gasteiger partial charge >= 0.3 is 0 Å². The number of benzene rings is 14. The highest BCUT2D eigenvalue weighted by molar-refractivity contribution is 6.26. The number of hydrogen-bond donors (Lipinski definition) is 0. The lowest BCUT2D eigenvalue weighted by molar-refractivity contribution is 0.668. The Labute approximate surface area is 615 Å². The quantitative estimate of drug-likeness (QED) is 0.144. The second-order valence-corrected chi connectivity index (χ2v) is 23.7. The molecule has 0 unspecified atom stereocenters. The first kappa shape index (κ1) is 37.6. The first-order valence-corrected chi connectivity index (χ1v) is 31.9. The molecule has 0 atom stereocenters. The SMILES string of the molecule is [2H]c1c([2H])c([2H])c(-c2nc(-c3ccc4c(c3)oc3cccc(-c5ccccc5)c34)nc(-n3c4c([2H])c([2H])c([2H])c([2H])c4c4c([2H])c([2H])c5oc6c([2H])c([2H])c([2H])c([2H])c6c5c43)n2)c([2H])c1[2H].[2H]c1c([2H])c([2H])c2c(oc3c([2H])c([2H])c4c5c([2H])c([2H])c([2H])c([2H])c5n(-c5nc(-c6ccccc6)nc(-c6ccc7c(c6)oc6cccc(-c8ccccc8)c67)n5)c4c32)c1[2H]. The summed E-state index contributed by atoms with van der Waals surface area (Å²) in [5, 5.41) is 2.22. The Morgan fingerprint density at radius 2 is 0.627 bits per heavy atom. The fourth-order valence-corrected chi connectivity index (χ4v) is 13.6. The molecule has 0 bridgehead atoms. The third kappa shape index (κ3) is 9.03. The second-order valence-electron chi connectivity index (χ2n) is 23.7. The molecule has 476 valence electrons. The molecule has 22 rings (SSSR count). The van der Waals surface area contributed by atoms with E-state index in [0.29, 0.717) is 33.5 Å². The second kappa shape index (κ2) is 22.7. The number of furan rings is 4. The van der Waals surface area contributed by atoms with Gasteiger partial charge in [-0.05, 0) is 107 Å². The zero-order valence-electron chi connectivity index (χ0n) is 77.3. The van der Waals surface area contributed by atoms with E-state index in [1.54, 1.807) is 30.3 Å². The molecule has 12 heteroatoms. The predicted molar refractivity (Wildman–Crippen MR) is 410 cm³/mol. The number of aromatic nitrogens is 8. The highest BCUT2D eigenvalue weighted by atomic mass is 16.3. The van der Waals surface area contributed by atoms with Gasteiger partial charge in [-0.25, -0.2) is 9.97 Å². The number of nitrogens with zero attached hydrogens (tertiary/aromatic N) is 8. The largest absolute Gasteiger partial charge is 0.456 e. The van der Waals surface area contributed by atoms with Gasteiger partial charge < -0.3 is 17.7 Å². The van der Waals surface area contributed by atoms with Crippen molar-refractivity contribution >= 4 is 131 Å². The Morgan fingerprint density at radius 1 is 0.235 bits per heavy atom. The van der Waals surface area contributed by atoms with Crippen molar-refractivity contribution in [1.29, 1.82) is 0 Å². The lowest BCUT2D eigenvalue weighted by atomic mass is 9.99. The molecule has 0 fully saturated rings. The van der Waals surface area contributed by atoms with Crippen LogP contribution in [0.4, 0.5) is 0 Å². The molecule has 14 aromatic carbocycles. The molecule has 8 heterocycles. The maximum Gasteiger partial charge on any atom is 0.238 e. The van der Waals surface area contributed by atoms with Crippen LogP contribution in [0.2, 0.25) is 0 Å². The molecule has 12 nitrogen and oxygen atoms in total. The maximum absolute atomic E-state index is 9.30. The summed E-state index contributed by atoms with van der Waals surface area (Å²) in [6, 6.07) is 36.4. The van der Waals surface area contributed by atoms with Crippen LogP contribution in [-0.2, 0) is 0 Å². The summed E-state index contributed by atoms with van der Waals surface area (Å²) >= 11 is 0. The lowest BCUT2D eigenvalue weighted by Crippen LogP contribution is -2.06. The Balaban J connectivity index is 0.000000155. The fourth-order valence-electron chi connectivity index (χ4n) is 13.6. The van der Waals surface area contributed by atoms with Gasteiger partial charge in [-0.3, -0.25) is 9.13 Å². The summed E-state index contributed by atoms with van der Waals surface area (Å²) in [5.74, 6) is -0.802. The first-order chi connectivity index (χ1) is 60.9. The Bertz CT molecular complexity index is 8710. The molecule has 8 aromatic heterocycles. The normalized spacial score (nSPS) is 15.4.